The average Bonchev–Trinajstić information content (AvgIpc) is 3.59. The fourth-order valence-corrected chi connectivity index (χ4v) is 7.25. The summed E-state index contributed by atoms with van der Waals surface area (Å²) in [5.41, 5.74) is 4.05. The third-order valence-electron chi connectivity index (χ3n) is 7.10. The first-order valence-electron chi connectivity index (χ1n) is 15.0. The van der Waals surface area contributed by atoms with E-state index in [9.17, 15) is 57.9 Å². The van der Waals surface area contributed by atoms with Crippen LogP contribution in [0.2, 0.25) is 0 Å². The lowest BCUT2D eigenvalue weighted by Gasteiger charge is -2.36. The van der Waals surface area contributed by atoms with Crippen LogP contribution in [0.15, 0.2) is 24.8 Å². The van der Waals surface area contributed by atoms with Gasteiger partial charge in [-0.1, -0.05) is 19.9 Å². The predicted molar refractivity (Wildman–Crippen MR) is 165 cm³/mol. The molecule has 6 N–H and O–H groups in total. The summed E-state index contributed by atoms with van der Waals surface area (Å²) in [6.07, 6.45) is -4.65. The molecule has 2 amide bonds. The van der Waals surface area contributed by atoms with Crippen molar-refractivity contribution in [3.63, 3.8) is 0 Å². The number of hydrogen-bond acceptors (Lipinski definition) is 21. The van der Waals surface area contributed by atoms with Gasteiger partial charge in [0.25, 0.3) is 15.6 Å². The van der Waals surface area contributed by atoms with Crippen molar-refractivity contribution in [2.75, 3.05) is 32.0 Å². The molecule has 1 aliphatic heterocycles. The summed E-state index contributed by atoms with van der Waals surface area (Å²) in [5.74, 6) is -1.80. The van der Waals surface area contributed by atoms with Gasteiger partial charge in [-0.25, -0.2) is 19.3 Å². The van der Waals surface area contributed by atoms with Crippen LogP contribution in [0.4, 0.5) is 5.82 Å². The first-order valence-corrected chi connectivity index (χ1v) is 19.4. The van der Waals surface area contributed by atoms with Crippen molar-refractivity contribution < 1.29 is 80.5 Å². The monoisotopic (exact) mass is 799 g/mol. The number of allylic oxidation sites excluding steroid dienone is 2. The van der Waals surface area contributed by atoms with Crippen LogP contribution in [-0.2, 0) is 50.7 Å². The highest BCUT2D eigenvalue weighted by Gasteiger charge is 2.47. The van der Waals surface area contributed by atoms with E-state index in [1.165, 1.54) is 19.9 Å². The molecule has 7 atom stereocenters. The Morgan fingerprint density at radius 1 is 1.08 bits per heavy atom. The lowest BCUT2D eigenvalue weighted by molar-refractivity contribution is -0.347. The predicted octanol–water partition coefficient (Wildman–Crippen LogP) is -3.59. The van der Waals surface area contributed by atoms with Gasteiger partial charge in [-0.3, -0.25) is 28.1 Å². The number of carbonyl (C=O) groups is 3. The van der Waals surface area contributed by atoms with Gasteiger partial charge in [0.15, 0.2) is 23.5 Å². The third-order valence-corrected chi connectivity index (χ3v) is 10.1. The SMILES string of the molecule is C/C=C/C(=O)CCNC(=O)CCNC(=O)C(O)C(C)(C)COP(=O)([O-])OP(=O)([O-])OCC1OC(n2cnc3c(N)ncnc32)C(O)C1OP(=O)([O-])[O-]. The first-order chi connectivity index (χ1) is 24.1. The van der Waals surface area contributed by atoms with E-state index in [-0.39, 0.29) is 48.7 Å². The molecule has 1 aliphatic rings. The van der Waals surface area contributed by atoms with E-state index in [4.69, 9.17) is 10.5 Å². The number of nitrogens with two attached hydrogens (primary N) is 1. The molecular weight excluding hydrogens is 763 g/mol. The van der Waals surface area contributed by atoms with Crippen LogP contribution < -0.4 is 35.9 Å². The Labute approximate surface area is 295 Å². The molecule has 3 heterocycles. The molecule has 292 valence electrons. The molecule has 1 fully saturated rings. The normalized spacial score (nSPS) is 22.6. The Hall–Kier alpha value is -3.05. The lowest BCUT2D eigenvalue weighted by Crippen LogP contribution is -2.46. The zero-order valence-electron chi connectivity index (χ0n) is 27.7. The number of nitrogen functional groups attached to an aromatic ring is 1. The molecule has 0 radical (unpaired) electrons. The standard InChI is InChI=1S/C25H40N7O17P3/c1-4-5-14(33)6-8-27-16(34)7-9-28-23(37)20(36)25(2,3)11-46-52(43,44)49-51(41,42)45-10-15-19(48-50(38,39)40)18(35)24(47-15)32-13-31-17-21(26)29-12-30-22(17)32/h4-5,12-13,15,18-20,24,35-36H,6-11H2,1-3H3,(H,27,34)(H,28,37)(H,41,42)(H,43,44)(H2,26,29,30)(H2,38,39,40)/p-4/b5-4+. The molecule has 27 heteroatoms. The summed E-state index contributed by atoms with van der Waals surface area (Å²) in [6, 6.07) is 0. The summed E-state index contributed by atoms with van der Waals surface area (Å²) in [6.45, 7) is 1.60. The summed E-state index contributed by atoms with van der Waals surface area (Å²) in [4.78, 5) is 95.0. The molecule has 24 nitrogen and oxygen atoms in total. The highest BCUT2D eigenvalue weighted by atomic mass is 31.3. The number of hydrogen-bond donors (Lipinski definition) is 5. The van der Waals surface area contributed by atoms with E-state index < -0.39 is 84.6 Å². The molecule has 2 aromatic heterocycles. The number of nitrogens with one attached hydrogen (secondary N) is 2. The largest absolute Gasteiger partial charge is 0.790 e. The number of phosphoric acid groups is 3. The quantitative estimate of drug-likeness (QED) is 0.0638. The number of amides is 2. The Morgan fingerprint density at radius 2 is 1.73 bits per heavy atom. The van der Waals surface area contributed by atoms with E-state index in [1.54, 1.807) is 13.0 Å². The second-order valence-electron chi connectivity index (χ2n) is 11.7. The van der Waals surface area contributed by atoms with Gasteiger partial charge in [0.2, 0.25) is 11.8 Å². The molecule has 2 aromatic rings. The van der Waals surface area contributed by atoms with Crippen molar-refractivity contribution in [1.82, 2.24) is 30.2 Å². The molecule has 0 saturated carbocycles. The number of rotatable bonds is 20. The minimum absolute atomic E-state index is 0.0224. The summed E-state index contributed by atoms with van der Waals surface area (Å²) in [5, 5.41) is 26.0. The summed E-state index contributed by atoms with van der Waals surface area (Å²) >= 11 is 0. The van der Waals surface area contributed by atoms with Crippen LogP contribution in [0.5, 0.6) is 0 Å². The molecule has 3 rings (SSSR count). The number of imidazole rings is 1. The van der Waals surface area contributed by atoms with Crippen LogP contribution in [0.3, 0.4) is 0 Å². The molecule has 0 aromatic carbocycles. The Balaban J connectivity index is 1.55. The molecule has 52 heavy (non-hydrogen) atoms. The topological polar surface area (TPSA) is 375 Å². The average molecular weight is 800 g/mol. The minimum Gasteiger partial charge on any atom is -0.790 e. The van der Waals surface area contributed by atoms with Crippen LogP contribution in [0, 0.1) is 5.41 Å². The van der Waals surface area contributed by atoms with Crippen molar-refractivity contribution in [1.29, 1.82) is 0 Å². The van der Waals surface area contributed by atoms with Crippen molar-refractivity contribution in [3.8, 4) is 0 Å². The number of aliphatic hydroxyl groups is 2. The maximum atomic E-state index is 12.4. The number of fused-ring (bicyclic) bond motifs is 1. The number of anilines is 1. The number of carbonyl (C=O) groups excluding carboxylic acids is 3. The lowest BCUT2D eigenvalue weighted by atomic mass is 9.87. The van der Waals surface area contributed by atoms with Gasteiger partial charge < -0.3 is 69.0 Å². The summed E-state index contributed by atoms with van der Waals surface area (Å²) < 4.78 is 60.2. The number of ether oxygens (including phenoxy) is 1. The van der Waals surface area contributed by atoms with Gasteiger partial charge in [-0.05, 0) is 13.0 Å². The van der Waals surface area contributed by atoms with Crippen LogP contribution in [0.1, 0.15) is 39.8 Å². The van der Waals surface area contributed by atoms with Crippen molar-refractivity contribution in [2.45, 2.75) is 64.3 Å². The summed E-state index contributed by atoms with van der Waals surface area (Å²) in [7, 11) is -17.6. The molecule has 1 saturated heterocycles. The van der Waals surface area contributed by atoms with Crippen molar-refractivity contribution in [3.05, 3.63) is 24.8 Å². The highest BCUT2D eigenvalue weighted by molar-refractivity contribution is 7.59. The second kappa shape index (κ2) is 17.9. The van der Waals surface area contributed by atoms with Gasteiger partial charge in [-0.2, -0.15) is 0 Å². The molecule has 0 bridgehead atoms. The number of phosphoric ester groups is 3. The second-order valence-corrected chi connectivity index (χ2v) is 15.8. The Morgan fingerprint density at radius 3 is 2.38 bits per heavy atom. The molecular formula is C25H36N7O17P3-4. The van der Waals surface area contributed by atoms with Crippen molar-refractivity contribution >= 4 is 58.0 Å². The van der Waals surface area contributed by atoms with Crippen molar-refractivity contribution in [2.24, 2.45) is 5.41 Å². The van der Waals surface area contributed by atoms with Gasteiger partial charge in [0.05, 0.1) is 27.4 Å². The van der Waals surface area contributed by atoms with Gasteiger partial charge >= 0.3 is 0 Å². The minimum atomic E-state index is -5.91. The zero-order valence-corrected chi connectivity index (χ0v) is 30.3. The smallest absolute Gasteiger partial charge is 0.274 e. The van der Waals surface area contributed by atoms with E-state index >= 15 is 0 Å². The van der Waals surface area contributed by atoms with Gasteiger partial charge in [0, 0.05) is 31.3 Å². The van der Waals surface area contributed by atoms with Crippen LogP contribution in [-0.4, -0.2) is 98.0 Å². The first kappa shape index (κ1) is 43.4. The Kier molecular flexibility index (Phi) is 14.9. The van der Waals surface area contributed by atoms with E-state index in [0.717, 1.165) is 17.2 Å². The fourth-order valence-electron chi connectivity index (χ4n) is 4.51. The number of ketones is 1. The number of nitrogens with zero attached hydrogens (tertiary/aromatic N) is 4. The van der Waals surface area contributed by atoms with Crippen LogP contribution >= 0.6 is 23.5 Å². The van der Waals surface area contributed by atoms with E-state index in [2.05, 4.69) is 43.5 Å². The van der Waals surface area contributed by atoms with E-state index in [1.807, 2.05) is 0 Å². The number of aromatic nitrogens is 4. The fraction of sp³-hybridized carbons (Fsp3) is 0.600. The molecule has 0 aliphatic carbocycles. The Bertz CT molecular complexity index is 1770. The molecule has 0 spiro atoms. The van der Waals surface area contributed by atoms with Gasteiger partial charge in [-0.15, -0.1) is 0 Å². The maximum absolute atomic E-state index is 12.4. The molecule has 7 unspecified atom stereocenters. The van der Waals surface area contributed by atoms with E-state index in [0.29, 0.717) is 0 Å². The van der Waals surface area contributed by atoms with Gasteiger partial charge in [0.1, 0.15) is 36.3 Å². The van der Waals surface area contributed by atoms with Crippen LogP contribution in [0.25, 0.3) is 11.2 Å². The maximum Gasteiger partial charge on any atom is 0.274 e. The number of aliphatic hydroxyl groups excluding tert-OH is 2. The zero-order chi connectivity index (χ0) is 39.1. The highest BCUT2D eigenvalue weighted by Crippen LogP contribution is 2.56. The third kappa shape index (κ3) is 12.5.